The van der Waals surface area contributed by atoms with Crippen LogP contribution in [0.4, 0.5) is 10.1 Å². The number of halogens is 2. The van der Waals surface area contributed by atoms with Crippen molar-refractivity contribution >= 4 is 33.2 Å². The Hall–Kier alpha value is -2.94. The van der Waals surface area contributed by atoms with E-state index in [1.807, 2.05) is 6.92 Å². The fraction of sp³-hybridized carbons (Fsp3) is 0.174. The zero-order chi connectivity index (χ0) is 23.3. The first-order valence-corrected chi connectivity index (χ1v) is 11.6. The predicted molar refractivity (Wildman–Crippen MR) is 122 cm³/mol. The number of ether oxygens (including phenoxy) is 1. The molecule has 6 nitrogen and oxygen atoms in total. The van der Waals surface area contributed by atoms with E-state index in [-0.39, 0.29) is 11.4 Å². The Balaban J connectivity index is 1.86. The highest BCUT2D eigenvalue weighted by atomic mass is 35.5. The minimum absolute atomic E-state index is 0.0159. The lowest BCUT2D eigenvalue weighted by molar-refractivity contribution is 0.102. The first-order chi connectivity index (χ1) is 15.2. The summed E-state index contributed by atoms with van der Waals surface area (Å²) in [5.41, 5.74) is 1.28. The normalized spacial score (nSPS) is 11.4. The Bertz CT molecular complexity index is 1200. The number of sulfonamides is 1. The van der Waals surface area contributed by atoms with Crippen molar-refractivity contribution in [2.75, 3.05) is 19.0 Å². The first-order valence-electron chi connectivity index (χ1n) is 9.75. The summed E-state index contributed by atoms with van der Waals surface area (Å²) in [6.45, 7) is 2.17. The summed E-state index contributed by atoms with van der Waals surface area (Å²) < 4.78 is 45.8. The van der Waals surface area contributed by atoms with Crippen molar-refractivity contribution in [3.05, 3.63) is 88.7 Å². The largest absolute Gasteiger partial charge is 0.494 e. The zero-order valence-electron chi connectivity index (χ0n) is 17.5. The van der Waals surface area contributed by atoms with Crippen LogP contribution in [0, 0.1) is 5.82 Å². The first kappa shape index (κ1) is 23.7. The maximum atomic E-state index is 13.1. The molecular formula is C23H22ClFN2O4S. The zero-order valence-corrected chi connectivity index (χ0v) is 19.1. The van der Waals surface area contributed by atoms with E-state index in [9.17, 15) is 17.6 Å². The summed E-state index contributed by atoms with van der Waals surface area (Å²) in [4.78, 5) is 12.8. The molecule has 0 bridgehead atoms. The number of amides is 1. The minimum atomic E-state index is -3.79. The molecule has 3 aromatic carbocycles. The number of carbonyl (C=O) groups excluding carboxylic acids is 1. The number of hydrogen-bond donors (Lipinski definition) is 1. The maximum Gasteiger partial charge on any atom is 0.255 e. The maximum absolute atomic E-state index is 13.1. The fourth-order valence-electron chi connectivity index (χ4n) is 2.99. The molecule has 1 N–H and O–H groups in total. The molecule has 0 aromatic heterocycles. The van der Waals surface area contributed by atoms with Gasteiger partial charge in [-0.05, 0) is 73.7 Å². The molecule has 168 valence electrons. The van der Waals surface area contributed by atoms with Crippen molar-refractivity contribution < 1.29 is 22.3 Å². The summed E-state index contributed by atoms with van der Waals surface area (Å²) in [6.07, 6.45) is 0. The van der Waals surface area contributed by atoms with Gasteiger partial charge >= 0.3 is 0 Å². The van der Waals surface area contributed by atoms with Crippen molar-refractivity contribution in [3.63, 3.8) is 0 Å². The number of benzene rings is 3. The molecule has 3 aromatic rings. The lowest BCUT2D eigenvalue weighted by Gasteiger charge is -2.20. The van der Waals surface area contributed by atoms with Gasteiger partial charge in [-0.3, -0.25) is 4.79 Å². The lowest BCUT2D eigenvalue weighted by Crippen LogP contribution is -2.27. The van der Waals surface area contributed by atoms with Crippen molar-refractivity contribution in [1.82, 2.24) is 4.31 Å². The van der Waals surface area contributed by atoms with E-state index in [0.717, 1.165) is 0 Å². The molecule has 1 amide bonds. The van der Waals surface area contributed by atoms with Crippen LogP contribution in [0.2, 0.25) is 5.02 Å². The van der Waals surface area contributed by atoms with Crippen molar-refractivity contribution in [2.45, 2.75) is 18.4 Å². The van der Waals surface area contributed by atoms with Crippen LogP contribution in [-0.2, 0) is 16.6 Å². The number of nitrogens with zero attached hydrogens (tertiary/aromatic N) is 1. The van der Waals surface area contributed by atoms with E-state index in [1.165, 1.54) is 59.9 Å². The van der Waals surface area contributed by atoms with E-state index in [0.29, 0.717) is 34.2 Å². The molecule has 0 saturated carbocycles. The van der Waals surface area contributed by atoms with E-state index < -0.39 is 21.7 Å². The molecule has 0 spiro atoms. The molecule has 0 aliphatic heterocycles. The van der Waals surface area contributed by atoms with Crippen LogP contribution in [0.5, 0.6) is 5.75 Å². The quantitative estimate of drug-likeness (QED) is 0.499. The Morgan fingerprint density at radius 1 is 1.06 bits per heavy atom. The van der Waals surface area contributed by atoms with Gasteiger partial charge < -0.3 is 10.1 Å². The molecule has 3 rings (SSSR count). The summed E-state index contributed by atoms with van der Waals surface area (Å²) in [5.74, 6) is -0.343. The molecule has 0 unspecified atom stereocenters. The molecule has 0 atom stereocenters. The third-order valence-corrected chi connectivity index (χ3v) is 6.71. The lowest BCUT2D eigenvalue weighted by atomic mass is 10.1. The highest BCUT2D eigenvalue weighted by Crippen LogP contribution is 2.26. The monoisotopic (exact) mass is 476 g/mol. The van der Waals surface area contributed by atoms with Gasteiger partial charge in [0, 0.05) is 35.4 Å². The van der Waals surface area contributed by atoms with Crippen LogP contribution in [0.25, 0.3) is 0 Å². The number of anilines is 1. The standard InChI is InChI=1S/C23H22ClFN2O4S/c1-3-31-22-13-4-16(23(28)26-20-9-7-19(25)8-10-20)14-17(22)15-27(2)32(29,30)21-11-5-18(24)6-12-21/h4-14H,3,15H2,1-2H3,(H,26,28). The fourth-order valence-corrected chi connectivity index (χ4v) is 4.26. The summed E-state index contributed by atoms with van der Waals surface area (Å²) >= 11 is 5.86. The number of nitrogens with one attached hydrogen (secondary N) is 1. The Morgan fingerprint density at radius 2 is 1.72 bits per heavy atom. The average molecular weight is 477 g/mol. The summed E-state index contributed by atoms with van der Waals surface area (Å²) in [6, 6.07) is 16.1. The summed E-state index contributed by atoms with van der Waals surface area (Å²) in [7, 11) is -2.34. The van der Waals surface area contributed by atoms with Gasteiger partial charge in [0.1, 0.15) is 11.6 Å². The molecule has 0 heterocycles. The molecule has 0 fully saturated rings. The van der Waals surface area contributed by atoms with Gasteiger partial charge in [-0.25, -0.2) is 12.8 Å². The second-order valence-corrected chi connectivity index (χ2v) is 9.41. The third-order valence-electron chi connectivity index (χ3n) is 4.64. The predicted octanol–water partition coefficient (Wildman–Crippen LogP) is 4.95. The Kier molecular flexibility index (Phi) is 7.50. The van der Waals surface area contributed by atoms with Gasteiger partial charge in [-0.2, -0.15) is 4.31 Å². The molecule has 0 saturated heterocycles. The van der Waals surface area contributed by atoms with Gasteiger partial charge in [-0.15, -0.1) is 0 Å². The Morgan fingerprint density at radius 3 is 2.34 bits per heavy atom. The molecule has 0 radical (unpaired) electrons. The van der Waals surface area contributed by atoms with Crippen LogP contribution >= 0.6 is 11.6 Å². The average Bonchev–Trinajstić information content (AvgIpc) is 2.77. The van der Waals surface area contributed by atoms with Gasteiger partial charge in [0.05, 0.1) is 11.5 Å². The number of carbonyl (C=O) groups is 1. The van der Waals surface area contributed by atoms with Gasteiger partial charge in [0.2, 0.25) is 10.0 Å². The van der Waals surface area contributed by atoms with Gasteiger partial charge in [0.25, 0.3) is 5.91 Å². The summed E-state index contributed by atoms with van der Waals surface area (Å²) in [5, 5.41) is 3.12. The van der Waals surface area contributed by atoms with Crippen molar-refractivity contribution in [3.8, 4) is 5.75 Å². The molecule has 0 aliphatic carbocycles. The third kappa shape index (κ3) is 5.64. The molecular weight excluding hydrogens is 455 g/mol. The smallest absolute Gasteiger partial charge is 0.255 e. The second-order valence-electron chi connectivity index (χ2n) is 6.93. The van der Waals surface area contributed by atoms with E-state index in [4.69, 9.17) is 16.3 Å². The molecule has 9 heteroatoms. The molecule has 0 aliphatic rings. The second kappa shape index (κ2) is 10.1. The SMILES string of the molecule is CCOc1ccc(C(=O)Nc2ccc(F)cc2)cc1CN(C)S(=O)(=O)c1ccc(Cl)cc1. The van der Waals surface area contributed by atoms with Crippen molar-refractivity contribution in [1.29, 1.82) is 0 Å². The minimum Gasteiger partial charge on any atom is -0.494 e. The van der Waals surface area contributed by atoms with Gasteiger partial charge in [0.15, 0.2) is 0 Å². The number of hydrogen-bond acceptors (Lipinski definition) is 4. The number of rotatable bonds is 8. The van der Waals surface area contributed by atoms with Crippen molar-refractivity contribution in [2.24, 2.45) is 0 Å². The Labute approximate surface area is 191 Å². The topological polar surface area (TPSA) is 75.7 Å². The van der Waals surface area contributed by atoms with Crippen LogP contribution < -0.4 is 10.1 Å². The van der Waals surface area contributed by atoms with Crippen LogP contribution in [0.3, 0.4) is 0 Å². The van der Waals surface area contributed by atoms with Gasteiger partial charge in [-0.1, -0.05) is 11.6 Å². The van der Waals surface area contributed by atoms with Crippen LogP contribution in [0.1, 0.15) is 22.8 Å². The molecule has 32 heavy (non-hydrogen) atoms. The van der Waals surface area contributed by atoms with E-state index in [1.54, 1.807) is 18.2 Å². The van der Waals surface area contributed by atoms with Crippen LogP contribution in [0.15, 0.2) is 71.6 Å². The highest BCUT2D eigenvalue weighted by molar-refractivity contribution is 7.89. The van der Waals surface area contributed by atoms with E-state index in [2.05, 4.69) is 5.32 Å². The highest BCUT2D eigenvalue weighted by Gasteiger charge is 2.23. The van der Waals surface area contributed by atoms with Crippen LogP contribution in [-0.4, -0.2) is 32.3 Å². The van der Waals surface area contributed by atoms with E-state index >= 15 is 0 Å².